The van der Waals surface area contributed by atoms with Gasteiger partial charge in [-0.3, -0.25) is 4.79 Å². The Morgan fingerprint density at radius 2 is 2.25 bits per heavy atom. The summed E-state index contributed by atoms with van der Waals surface area (Å²) in [5.74, 6) is 1.33. The van der Waals surface area contributed by atoms with Crippen LogP contribution < -0.4 is 5.32 Å². The van der Waals surface area contributed by atoms with Gasteiger partial charge in [0.2, 0.25) is 0 Å². The molecule has 0 bridgehead atoms. The van der Waals surface area contributed by atoms with Crippen LogP contribution in [0.15, 0.2) is 48.9 Å². The largest absolute Gasteiger partial charge is 0.369 e. The molecular weight excluding hydrogens is 352 g/mol. The van der Waals surface area contributed by atoms with Gasteiger partial charge < -0.3 is 14.6 Å². The summed E-state index contributed by atoms with van der Waals surface area (Å²) >= 11 is 0. The van der Waals surface area contributed by atoms with Crippen LogP contribution in [0.2, 0.25) is 0 Å². The van der Waals surface area contributed by atoms with Gasteiger partial charge in [-0.05, 0) is 42.5 Å². The smallest absolute Gasteiger partial charge is 0.274 e. The fourth-order valence-electron chi connectivity index (χ4n) is 3.66. The van der Waals surface area contributed by atoms with Gasteiger partial charge in [-0.15, -0.1) is 0 Å². The molecule has 1 N–H and O–H groups in total. The maximum Gasteiger partial charge on any atom is 0.274 e. The number of imidazole rings is 1. The Balaban J connectivity index is 1.45. The van der Waals surface area contributed by atoms with Crippen LogP contribution in [0.4, 0.5) is 5.82 Å². The quantitative estimate of drug-likeness (QED) is 0.759. The van der Waals surface area contributed by atoms with E-state index in [2.05, 4.69) is 28.3 Å². The van der Waals surface area contributed by atoms with Crippen molar-refractivity contribution in [1.82, 2.24) is 19.3 Å². The van der Waals surface area contributed by atoms with E-state index < -0.39 is 0 Å². The second-order valence-corrected chi connectivity index (χ2v) is 7.26. The Kier molecular flexibility index (Phi) is 4.94. The Morgan fingerprint density at radius 3 is 3.07 bits per heavy atom. The lowest BCUT2D eigenvalue weighted by Gasteiger charge is -2.37. The number of carbonyl (C=O) groups is 1. The lowest BCUT2D eigenvalue weighted by molar-refractivity contribution is 0.0617. The summed E-state index contributed by atoms with van der Waals surface area (Å²) in [6, 6.07) is 11.4. The summed E-state index contributed by atoms with van der Waals surface area (Å²) in [5, 5.41) is 12.5. The van der Waals surface area contributed by atoms with E-state index >= 15 is 0 Å². The number of fused-ring (bicyclic) bond motifs is 1. The van der Waals surface area contributed by atoms with Crippen molar-refractivity contribution in [3.8, 4) is 6.07 Å². The topological polar surface area (TPSA) is 86.3 Å². The number of rotatable bonds is 4. The van der Waals surface area contributed by atoms with E-state index in [1.807, 2.05) is 33.7 Å². The average Bonchev–Trinajstić information content (AvgIpc) is 3.17. The lowest BCUT2D eigenvalue weighted by atomic mass is 9.86. The Hall–Kier alpha value is -3.40. The van der Waals surface area contributed by atoms with Crippen molar-refractivity contribution >= 4 is 17.4 Å². The summed E-state index contributed by atoms with van der Waals surface area (Å²) in [7, 11) is 0. The van der Waals surface area contributed by atoms with Crippen LogP contribution in [0.5, 0.6) is 0 Å². The molecule has 4 rings (SSSR count). The number of hydrogen-bond acceptors (Lipinski definition) is 5. The predicted octanol–water partition coefficient (Wildman–Crippen LogP) is 2.81. The third-order valence-corrected chi connectivity index (χ3v) is 5.44. The van der Waals surface area contributed by atoms with Gasteiger partial charge in [0.05, 0.1) is 5.56 Å². The van der Waals surface area contributed by atoms with Crippen molar-refractivity contribution in [1.29, 1.82) is 5.26 Å². The van der Waals surface area contributed by atoms with Crippen molar-refractivity contribution in [2.75, 3.05) is 25.0 Å². The molecule has 3 aromatic heterocycles. The number of piperidine rings is 1. The van der Waals surface area contributed by atoms with E-state index in [1.54, 1.807) is 24.5 Å². The third kappa shape index (κ3) is 3.54. The van der Waals surface area contributed by atoms with Crippen LogP contribution in [-0.2, 0) is 0 Å². The number of amides is 1. The maximum atomic E-state index is 13.0. The van der Waals surface area contributed by atoms with Gasteiger partial charge in [0, 0.05) is 38.2 Å². The van der Waals surface area contributed by atoms with Crippen LogP contribution in [0.3, 0.4) is 0 Å². The Bertz CT molecular complexity index is 1000. The fourth-order valence-corrected chi connectivity index (χ4v) is 3.66. The Morgan fingerprint density at radius 1 is 1.36 bits per heavy atom. The molecule has 1 aliphatic heterocycles. The molecule has 28 heavy (non-hydrogen) atoms. The van der Waals surface area contributed by atoms with Crippen LogP contribution in [0.25, 0.3) is 5.65 Å². The zero-order valence-electron chi connectivity index (χ0n) is 15.7. The van der Waals surface area contributed by atoms with Gasteiger partial charge in [-0.1, -0.05) is 13.0 Å². The molecule has 1 aliphatic rings. The molecule has 7 heteroatoms. The molecular formula is C21H22N6O. The standard InChI is InChI=1S/C21H22N6O/c1-15-7-10-27(21(28)18-14-26-9-3-2-6-19(26)25-18)13-17(15)12-24-20-16(11-22)5-4-8-23-20/h2-6,8-9,14-15,17H,7,10,12-13H2,1H3,(H,23,24). The first-order valence-corrected chi connectivity index (χ1v) is 9.47. The molecule has 0 saturated carbocycles. The molecule has 0 aromatic carbocycles. The van der Waals surface area contributed by atoms with Gasteiger partial charge in [-0.2, -0.15) is 5.26 Å². The second kappa shape index (κ2) is 7.69. The van der Waals surface area contributed by atoms with Gasteiger partial charge in [0.25, 0.3) is 5.91 Å². The third-order valence-electron chi connectivity index (χ3n) is 5.44. The van der Waals surface area contributed by atoms with E-state index in [1.165, 1.54) is 0 Å². The van der Waals surface area contributed by atoms with Crippen LogP contribution in [0.1, 0.15) is 29.4 Å². The van der Waals surface area contributed by atoms with Crippen molar-refractivity contribution in [2.45, 2.75) is 13.3 Å². The number of nitrogens with zero attached hydrogens (tertiary/aromatic N) is 5. The maximum absolute atomic E-state index is 13.0. The van der Waals surface area contributed by atoms with Crippen molar-refractivity contribution in [3.05, 3.63) is 60.2 Å². The number of nitriles is 1. The molecule has 0 spiro atoms. The number of likely N-dealkylation sites (tertiary alicyclic amines) is 1. The SMILES string of the molecule is CC1CCN(C(=O)c2cn3ccccc3n2)CC1CNc1ncccc1C#N. The molecule has 142 valence electrons. The lowest BCUT2D eigenvalue weighted by Crippen LogP contribution is -2.45. The molecule has 2 unspecified atom stereocenters. The summed E-state index contributed by atoms with van der Waals surface area (Å²) in [4.78, 5) is 23.6. The van der Waals surface area contributed by atoms with E-state index in [0.29, 0.717) is 36.1 Å². The van der Waals surface area contributed by atoms with E-state index in [-0.39, 0.29) is 11.8 Å². The highest BCUT2D eigenvalue weighted by molar-refractivity contribution is 5.93. The van der Waals surface area contributed by atoms with Gasteiger partial charge in [0.1, 0.15) is 23.2 Å². The Labute approximate surface area is 163 Å². The number of nitrogens with one attached hydrogen (secondary N) is 1. The summed E-state index contributed by atoms with van der Waals surface area (Å²) < 4.78 is 1.86. The molecule has 1 fully saturated rings. The molecule has 0 radical (unpaired) electrons. The van der Waals surface area contributed by atoms with E-state index in [9.17, 15) is 10.1 Å². The van der Waals surface area contributed by atoms with E-state index in [0.717, 1.165) is 18.6 Å². The van der Waals surface area contributed by atoms with Crippen LogP contribution in [0, 0.1) is 23.2 Å². The number of hydrogen-bond donors (Lipinski definition) is 1. The molecule has 3 aromatic rings. The first kappa shape index (κ1) is 18.0. The molecule has 0 aliphatic carbocycles. The zero-order chi connectivity index (χ0) is 19.5. The summed E-state index contributed by atoms with van der Waals surface area (Å²) in [6.07, 6.45) is 6.30. The van der Waals surface area contributed by atoms with Crippen LogP contribution in [-0.4, -0.2) is 44.8 Å². The molecule has 7 nitrogen and oxygen atoms in total. The van der Waals surface area contributed by atoms with Crippen LogP contribution >= 0.6 is 0 Å². The predicted molar refractivity (Wildman–Crippen MR) is 106 cm³/mol. The number of anilines is 1. The molecule has 2 atom stereocenters. The molecule has 1 saturated heterocycles. The normalized spacial score (nSPS) is 19.4. The monoisotopic (exact) mass is 374 g/mol. The fraction of sp³-hybridized carbons (Fsp3) is 0.333. The first-order valence-electron chi connectivity index (χ1n) is 9.47. The highest BCUT2D eigenvalue weighted by Crippen LogP contribution is 2.25. The minimum Gasteiger partial charge on any atom is -0.369 e. The number of aromatic nitrogens is 3. The highest BCUT2D eigenvalue weighted by Gasteiger charge is 2.30. The minimum atomic E-state index is -0.0313. The zero-order valence-corrected chi connectivity index (χ0v) is 15.7. The van der Waals surface area contributed by atoms with Gasteiger partial charge in [0.15, 0.2) is 0 Å². The number of carbonyl (C=O) groups excluding carboxylic acids is 1. The van der Waals surface area contributed by atoms with Crippen molar-refractivity contribution in [2.24, 2.45) is 11.8 Å². The van der Waals surface area contributed by atoms with Gasteiger partial charge >= 0.3 is 0 Å². The average molecular weight is 374 g/mol. The molecule has 1 amide bonds. The molecule has 4 heterocycles. The highest BCUT2D eigenvalue weighted by atomic mass is 16.2. The first-order chi connectivity index (χ1) is 13.7. The van der Waals surface area contributed by atoms with Crippen molar-refractivity contribution in [3.63, 3.8) is 0 Å². The van der Waals surface area contributed by atoms with Gasteiger partial charge in [-0.25, -0.2) is 9.97 Å². The summed E-state index contributed by atoms with van der Waals surface area (Å²) in [5.41, 5.74) is 1.78. The minimum absolute atomic E-state index is 0.0313. The van der Waals surface area contributed by atoms with Crippen molar-refractivity contribution < 1.29 is 4.79 Å². The summed E-state index contributed by atoms with van der Waals surface area (Å²) in [6.45, 7) is 4.28. The number of pyridine rings is 2. The van der Waals surface area contributed by atoms with E-state index in [4.69, 9.17) is 0 Å². The second-order valence-electron chi connectivity index (χ2n) is 7.26.